The first kappa shape index (κ1) is 16.1. The lowest BCUT2D eigenvalue weighted by atomic mass is 9.96. The van der Waals surface area contributed by atoms with E-state index in [4.69, 9.17) is 0 Å². The molecule has 0 amide bonds. The summed E-state index contributed by atoms with van der Waals surface area (Å²) in [7, 11) is 0. The molecule has 0 fully saturated rings. The van der Waals surface area contributed by atoms with Gasteiger partial charge in [-0.3, -0.25) is 0 Å². The minimum Gasteiger partial charge on any atom is -0.392 e. The third kappa shape index (κ3) is 4.62. The maximum atomic E-state index is 10.3. The molecular weight excluding hydrogens is 276 g/mol. The fourth-order valence-electron chi connectivity index (χ4n) is 2.65. The molecule has 0 aromatic heterocycles. The summed E-state index contributed by atoms with van der Waals surface area (Å²) in [6.45, 7) is 8.48. The first-order valence-corrected chi connectivity index (χ1v) is 8.38. The maximum Gasteiger partial charge on any atom is 0.0674 e. The van der Waals surface area contributed by atoms with Crippen LogP contribution in [0.1, 0.15) is 27.8 Å². The summed E-state index contributed by atoms with van der Waals surface area (Å²) in [6, 6.07) is 12.9. The quantitative estimate of drug-likeness (QED) is 0.813. The second-order valence-corrected chi connectivity index (χ2v) is 6.95. The van der Waals surface area contributed by atoms with Gasteiger partial charge in [-0.2, -0.15) is 0 Å². The van der Waals surface area contributed by atoms with Crippen molar-refractivity contribution in [3.8, 4) is 0 Å². The molecule has 2 aromatic rings. The molecule has 2 rings (SSSR count). The SMILES string of the molecule is Cc1ccc(SCC(O)Cc2c(C)cc(C)cc2C)cc1. The van der Waals surface area contributed by atoms with Gasteiger partial charge in [-0.25, -0.2) is 0 Å². The Bertz CT molecular complexity index is 578. The lowest BCUT2D eigenvalue weighted by Gasteiger charge is -2.15. The number of hydrogen-bond acceptors (Lipinski definition) is 2. The molecule has 112 valence electrons. The van der Waals surface area contributed by atoms with Crippen LogP contribution in [0, 0.1) is 27.7 Å². The van der Waals surface area contributed by atoms with Crippen molar-refractivity contribution in [1.82, 2.24) is 0 Å². The maximum absolute atomic E-state index is 10.3. The predicted octanol–water partition coefficient (Wildman–Crippen LogP) is 4.62. The molecule has 0 saturated carbocycles. The standard InChI is InChI=1S/C19H24OS/c1-13-5-7-18(8-6-13)21-12-17(20)11-19-15(3)9-14(2)10-16(19)4/h5-10,17,20H,11-12H2,1-4H3. The van der Waals surface area contributed by atoms with Crippen LogP contribution in [0.15, 0.2) is 41.3 Å². The number of hydrogen-bond donors (Lipinski definition) is 1. The molecule has 0 radical (unpaired) electrons. The average Bonchev–Trinajstić information content (AvgIpc) is 2.42. The van der Waals surface area contributed by atoms with Crippen LogP contribution in [0.25, 0.3) is 0 Å². The van der Waals surface area contributed by atoms with Crippen LogP contribution in [0.4, 0.5) is 0 Å². The van der Waals surface area contributed by atoms with Gasteiger partial charge in [0.2, 0.25) is 0 Å². The van der Waals surface area contributed by atoms with E-state index in [0.717, 1.165) is 12.2 Å². The van der Waals surface area contributed by atoms with Crippen LogP contribution >= 0.6 is 11.8 Å². The third-order valence-corrected chi connectivity index (χ3v) is 4.90. The molecule has 2 aromatic carbocycles. The molecule has 0 heterocycles. The monoisotopic (exact) mass is 300 g/mol. The van der Waals surface area contributed by atoms with Gasteiger partial charge in [0.25, 0.3) is 0 Å². The van der Waals surface area contributed by atoms with E-state index in [0.29, 0.717) is 0 Å². The predicted molar refractivity (Wildman–Crippen MR) is 92.3 cm³/mol. The van der Waals surface area contributed by atoms with Gasteiger partial charge >= 0.3 is 0 Å². The molecule has 0 aliphatic heterocycles. The second-order valence-electron chi connectivity index (χ2n) is 5.86. The average molecular weight is 300 g/mol. The highest BCUT2D eigenvalue weighted by atomic mass is 32.2. The Balaban J connectivity index is 1.96. The number of benzene rings is 2. The van der Waals surface area contributed by atoms with Gasteiger partial charge in [0.1, 0.15) is 0 Å². The molecule has 1 N–H and O–H groups in total. The summed E-state index contributed by atoms with van der Waals surface area (Å²) >= 11 is 1.72. The number of aryl methyl sites for hydroxylation is 4. The molecule has 1 unspecified atom stereocenters. The van der Waals surface area contributed by atoms with E-state index in [1.54, 1.807) is 11.8 Å². The van der Waals surface area contributed by atoms with E-state index in [2.05, 4.69) is 64.1 Å². The lowest BCUT2D eigenvalue weighted by molar-refractivity contribution is 0.199. The Morgan fingerprint density at radius 3 is 2.05 bits per heavy atom. The van der Waals surface area contributed by atoms with E-state index < -0.39 is 0 Å². The van der Waals surface area contributed by atoms with Crippen molar-refractivity contribution in [2.45, 2.75) is 45.1 Å². The van der Waals surface area contributed by atoms with E-state index in [9.17, 15) is 5.11 Å². The summed E-state index contributed by atoms with van der Waals surface area (Å²) in [5, 5.41) is 10.3. The third-order valence-electron chi connectivity index (χ3n) is 3.74. The van der Waals surface area contributed by atoms with E-state index in [1.165, 1.54) is 32.7 Å². The van der Waals surface area contributed by atoms with Gasteiger partial charge < -0.3 is 5.11 Å². The minimum atomic E-state index is -0.309. The van der Waals surface area contributed by atoms with Crippen molar-refractivity contribution in [2.75, 3.05) is 5.75 Å². The zero-order valence-electron chi connectivity index (χ0n) is 13.3. The summed E-state index contributed by atoms with van der Waals surface area (Å²) < 4.78 is 0. The number of rotatable bonds is 5. The highest BCUT2D eigenvalue weighted by Crippen LogP contribution is 2.23. The summed E-state index contributed by atoms with van der Waals surface area (Å²) in [5.74, 6) is 0.732. The zero-order valence-corrected chi connectivity index (χ0v) is 14.1. The van der Waals surface area contributed by atoms with Crippen LogP contribution in [0.3, 0.4) is 0 Å². The molecule has 1 nitrogen and oxygen atoms in total. The first-order valence-electron chi connectivity index (χ1n) is 7.40. The van der Waals surface area contributed by atoms with Crippen molar-refractivity contribution in [2.24, 2.45) is 0 Å². The Morgan fingerprint density at radius 1 is 0.905 bits per heavy atom. The fraction of sp³-hybridized carbons (Fsp3) is 0.368. The number of aliphatic hydroxyl groups excluding tert-OH is 1. The van der Waals surface area contributed by atoms with Crippen LogP contribution in [0.5, 0.6) is 0 Å². The molecule has 0 aliphatic rings. The number of thioether (sulfide) groups is 1. The normalized spacial score (nSPS) is 12.4. The van der Waals surface area contributed by atoms with Gasteiger partial charge in [0.15, 0.2) is 0 Å². The Kier molecular flexibility index (Phi) is 5.49. The molecule has 0 bridgehead atoms. The highest BCUT2D eigenvalue weighted by Gasteiger charge is 2.11. The minimum absolute atomic E-state index is 0.309. The van der Waals surface area contributed by atoms with Gasteiger partial charge in [-0.1, -0.05) is 35.4 Å². The Morgan fingerprint density at radius 2 is 1.48 bits per heavy atom. The molecule has 1 atom stereocenters. The summed E-state index contributed by atoms with van der Waals surface area (Å²) in [6.07, 6.45) is 0.424. The molecule has 0 spiro atoms. The Labute approximate surface area is 132 Å². The first-order chi connectivity index (χ1) is 9.95. The molecule has 2 heteroatoms. The molecule has 0 saturated heterocycles. The zero-order chi connectivity index (χ0) is 15.4. The summed E-state index contributed by atoms with van der Waals surface area (Å²) in [4.78, 5) is 1.22. The Hall–Kier alpha value is -1.25. The smallest absolute Gasteiger partial charge is 0.0674 e. The van der Waals surface area contributed by atoms with Crippen molar-refractivity contribution in [3.63, 3.8) is 0 Å². The fourth-order valence-corrected chi connectivity index (χ4v) is 3.48. The topological polar surface area (TPSA) is 20.2 Å². The van der Waals surface area contributed by atoms with Crippen molar-refractivity contribution in [3.05, 3.63) is 64.2 Å². The van der Waals surface area contributed by atoms with E-state index in [1.807, 2.05) is 0 Å². The van der Waals surface area contributed by atoms with E-state index >= 15 is 0 Å². The van der Waals surface area contributed by atoms with Crippen LogP contribution in [0.2, 0.25) is 0 Å². The van der Waals surface area contributed by atoms with Gasteiger partial charge in [-0.05, 0) is 62.9 Å². The van der Waals surface area contributed by atoms with Crippen LogP contribution in [-0.2, 0) is 6.42 Å². The second kappa shape index (κ2) is 7.15. The molecule has 21 heavy (non-hydrogen) atoms. The van der Waals surface area contributed by atoms with Gasteiger partial charge in [0.05, 0.1) is 6.10 Å². The largest absolute Gasteiger partial charge is 0.392 e. The van der Waals surface area contributed by atoms with Crippen molar-refractivity contribution in [1.29, 1.82) is 0 Å². The van der Waals surface area contributed by atoms with Crippen molar-refractivity contribution < 1.29 is 5.11 Å². The van der Waals surface area contributed by atoms with E-state index in [-0.39, 0.29) is 6.10 Å². The molecular formula is C19H24OS. The highest BCUT2D eigenvalue weighted by molar-refractivity contribution is 7.99. The molecule has 0 aliphatic carbocycles. The van der Waals surface area contributed by atoms with Crippen molar-refractivity contribution >= 4 is 11.8 Å². The number of aliphatic hydroxyl groups is 1. The lowest BCUT2D eigenvalue weighted by Crippen LogP contribution is -2.15. The van der Waals surface area contributed by atoms with Gasteiger partial charge in [-0.15, -0.1) is 11.8 Å². The van der Waals surface area contributed by atoms with Crippen LogP contribution < -0.4 is 0 Å². The van der Waals surface area contributed by atoms with Gasteiger partial charge in [0, 0.05) is 10.6 Å². The summed E-state index contributed by atoms with van der Waals surface area (Å²) in [5.41, 5.74) is 6.42. The van der Waals surface area contributed by atoms with Crippen LogP contribution in [-0.4, -0.2) is 17.0 Å².